The van der Waals surface area contributed by atoms with Crippen molar-refractivity contribution < 1.29 is 9.59 Å². The molecule has 0 spiro atoms. The number of amides is 2. The van der Waals surface area contributed by atoms with E-state index in [4.69, 9.17) is 5.73 Å². The van der Waals surface area contributed by atoms with Crippen LogP contribution < -0.4 is 11.1 Å². The third-order valence-corrected chi connectivity index (χ3v) is 4.31. The van der Waals surface area contributed by atoms with Gasteiger partial charge in [-0.05, 0) is 30.7 Å². The second-order valence-electron chi connectivity index (χ2n) is 5.29. The minimum Gasteiger partial charge on any atom is -0.346 e. The molecule has 0 aliphatic carbocycles. The van der Waals surface area contributed by atoms with E-state index in [9.17, 15) is 9.59 Å². The molecular weight excluding hydrogens is 322 g/mol. The quantitative estimate of drug-likeness (QED) is 0.751. The van der Waals surface area contributed by atoms with Crippen molar-refractivity contribution >= 4 is 35.6 Å². The number of thiophene rings is 1. The zero-order valence-electron chi connectivity index (χ0n) is 13.4. The zero-order valence-corrected chi connectivity index (χ0v) is 15.0. The molecule has 22 heavy (non-hydrogen) atoms. The number of nitrogens with zero attached hydrogens (tertiary/aromatic N) is 1. The molecule has 1 aromatic rings. The van der Waals surface area contributed by atoms with Crippen LogP contribution in [0, 0.1) is 5.92 Å². The summed E-state index contributed by atoms with van der Waals surface area (Å²) >= 11 is 1.69. The van der Waals surface area contributed by atoms with E-state index in [-0.39, 0.29) is 36.7 Å². The van der Waals surface area contributed by atoms with Crippen LogP contribution in [0.3, 0.4) is 0 Å². The van der Waals surface area contributed by atoms with Gasteiger partial charge in [-0.1, -0.05) is 19.9 Å². The van der Waals surface area contributed by atoms with Crippen LogP contribution in [-0.4, -0.2) is 42.4 Å². The van der Waals surface area contributed by atoms with Crippen LogP contribution in [0.1, 0.15) is 25.6 Å². The van der Waals surface area contributed by atoms with Crippen LogP contribution in [0.25, 0.3) is 0 Å². The first kappa shape index (κ1) is 20.9. The summed E-state index contributed by atoms with van der Waals surface area (Å²) in [5, 5.41) is 4.65. The smallest absolute Gasteiger partial charge is 0.241 e. The Kier molecular flexibility index (Phi) is 10.1. The van der Waals surface area contributed by atoms with Crippen molar-refractivity contribution in [2.45, 2.75) is 33.2 Å². The van der Waals surface area contributed by atoms with E-state index in [0.717, 1.165) is 6.42 Å². The Balaban J connectivity index is 0.00000441. The van der Waals surface area contributed by atoms with Gasteiger partial charge in [0.2, 0.25) is 11.8 Å². The highest BCUT2D eigenvalue weighted by molar-refractivity contribution is 7.09. The van der Waals surface area contributed by atoms with Gasteiger partial charge in [0.15, 0.2) is 0 Å². The molecule has 1 aromatic heterocycles. The summed E-state index contributed by atoms with van der Waals surface area (Å²) in [6.07, 6.45) is 0.844. The summed E-state index contributed by atoms with van der Waals surface area (Å²) < 4.78 is 0. The van der Waals surface area contributed by atoms with Gasteiger partial charge in [0.1, 0.15) is 0 Å². The Morgan fingerprint density at radius 3 is 2.59 bits per heavy atom. The molecule has 0 saturated carbocycles. The standard InChI is InChI=1S/C15H25N3O2S.ClH/c1-4-18(8-7-12-6-5-9-21-12)13(19)10-17-15(20)14(16)11(2)3;/h5-6,9,11,14H,4,7-8,10,16H2,1-3H3,(H,17,20);1H/t14-;/m0./s1. The molecule has 3 N–H and O–H groups in total. The number of halogens is 1. The number of carbonyl (C=O) groups is 2. The van der Waals surface area contributed by atoms with Crippen molar-refractivity contribution in [1.82, 2.24) is 10.2 Å². The van der Waals surface area contributed by atoms with Gasteiger partial charge in [0.05, 0.1) is 12.6 Å². The number of hydrogen-bond donors (Lipinski definition) is 2. The largest absolute Gasteiger partial charge is 0.346 e. The van der Waals surface area contributed by atoms with Gasteiger partial charge in [0.25, 0.3) is 0 Å². The fourth-order valence-electron chi connectivity index (χ4n) is 1.85. The maximum atomic E-state index is 12.1. The Labute approximate surface area is 142 Å². The third-order valence-electron chi connectivity index (χ3n) is 3.38. The molecule has 2 amide bonds. The van der Waals surface area contributed by atoms with Gasteiger partial charge in [-0.2, -0.15) is 0 Å². The number of nitrogens with two attached hydrogens (primary N) is 1. The van der Waals surface area contributed by atoms with Gasteiger partial charge < -0.3 is 16.0 Å². The second-order valence-corrected chi connectivity index (χ2v) is 6.32. The predicted molar refractivity (Wildman–Crippen MR) is 93.3 cm³/mol. The Morgan fingerprint density at radius 1 is 1.41 bits per heavy atom. The first-order valence-corrected chi connectivity index (χ1v) is 8.17. The number of rotatable bonds is 8. The summed E-state index contributed by atoms with van der Waals surface area (Å²) in [5.74, 6) is -0.285. The predicted octanol–water partition coefficient (Wildman–Crippen LogP) is 1.66. The highest BCUT2D eigenvalue weighted by Gasteiger charge is 2.19. The first-order valence-electron chi connectivity index (χ1n) is 7.29. The lowest BCUT2D eigenvalue weighted by Gasteiger charge is -2.22. The van der Waals surface area contributed by atoms with E-state index in [1.54, 1.807) is 16.2 Å². The molecule has 0 unspecified atom stereocenters. The van der Waals surface area contributed by atoms with Crippen LogP contribution >= 0.6 is 23.7 Å². The van der Waals surface area contributed by atoms with Crippen molar-refractivity contribution in [3.05, 3.63) is 22.4 Å². The highest BCUT2D eigenvalue weighted by atomic mass is 35.5. The fraction of sp³-hybridized carbons (Fsp3) is 0.600. The van der Waals surface area contributed by atoms with Crippen molar-refractivity contribution in [3.8, 4) is 0 Å². The van der Waals surface area contributed by atoms with Crippen LogP contribution in [-0.2, 0) is 16.0 Å². The van der Waals surface area contributed by atoms with Crippen LogP contribution in [0.15, 0.2) is 17.5 Å². The van der Waals surface area contributed by atoms with E-state index in [2.05, 4.69) is 11.4 Å². The number of carbonyl (C=O) groups excluding carboxylic acids is 2. The SMILES string of the molecule is CCN(CCc1cccs1)C(=O)CNC(=O)[C@@H](N)C(C)C.Cl. The maximum Gasteiger partial charge on any atom is 0.241 e. The molecule has 1 atom stereocenters. The van der Waals surface area contributed by atoms with E-state index in [0.29, 0.717) is 13.1 Å². The third kappa shape index (κ3) is 6.77. The summed E-state index contributed by atoms with van der Waals surface area (Å²) in [6.45, 7) is 7.01. The van der Waals surface area contributed by atoms with Crippen LogP contribution in [0.5, 0.6) is 0 Å². The van der Waals surface area contributed by atoms with Crippen LogP contribution in [0.2, 0.25) is 0 Å². The van der Waals surface area contributed by atoms with Gasteiger partial charge in [-0.15, -0.1) is 23.7 Å². The molecular formula is C15H26ClN3O2S. The molecule has 0 aliphatic heterocycles. The summed E-state index contributed by atoms with van der Waals surface area (Å²) in [5.41, 5.74) is 5.74. The van der Waals surface area contributed by atoms with E-state index >= 15 is 0 Å². The topological polar surface area (TPSA) is 75.4 Å². The van der Waals surface area contributed by atoms with Crippen molar-refractivity contribution in [2.75, 3.05) is 19.6 Å². The monoisotopic (exact) mass is 347 g/mol. The summed E-state index contributed by atoms with van der Waals surface area (Å²) in [4.78, 5) is 26.9. The highest BCUT2D eigenvalue weighted by Crippen LogP contribution is 2.09. The summed E-state index contributed by atoms with van der Waals surface area (Å²) in [7, 11) is 0. The van der Waals surface area contributed by atoms with Crippen molar-refractivity contribution in [3.63, 3.8) is 0 Å². The molecule has 5 nitrogen and oxygen atoms in total. The average molecular weight is 348 g/mol. The van der Waals surface area contributed by atoms with Gasteiger partial charge in [-0.3, -0.25) is 9.59 Å². The van der Waals surface area contributed by atoms with E-state index < -0.39 is 6.04 Å². The van der Waals surface area contributed by atoms with E-state index in [1.165, 1.54) is 4.88 Å². The van der Waals surface area contributed by atoms with Crippen LogP contribution in [0.4, 0.5) is 0 Å². The molecule has 0 radical (unpaired) electrons. The number of nitrogens with one attached hydrogen (secondary N) is 1. The molecule has 0 aliphatic rings. The fourth-order valence-corrected chi connectivity index (χ4v) is 2.55. The minimum atomic E-state index is -0.570. The lowest BCUT2D eigenvalue weighted by molar-refractivity contribution is -0.133. The average Bonchev–Trinajstić information content (AvgIpc) is 2.97. The van der Waals surface area contributed by atoms with Crippen molar-refractivity contribution in [2.24, 2.45) is 11.7 Å². The molecule has 0 saturated heterocycles. The normalized spacial score (nSPS) is 11.7. The maximum absolute atomic E-state index is 12.1. The Bertz CT molecular complexity index is 452. The summed E-state index contributed by atoms with van der Waals surface area (Å²) in [6, 6.07) is 3.50. The molecule has 0 bridgehead atoms. The van der Waals surface area contributed by atoms with E-state index in [1.807, 2.05) is 32.2 Å². The van der Waals surface area contributed by atoms with Gasteiger partial charge in [0, 0.05) is 18.0 Å². The molecule has 0 fully saturated rings. The molecule has 1 rings (SSSR count). The number of hydrogen-bond acceptors (Lipinski definition) is 4. The van der Waals surface area contributed by atoms with Crippen molar-refractivity contribution in [1.29, 1.82) is 0 Å². The lowest BCUT2D eigenvalue weighted by Crippen LogP contribution is -2.48. The zero-order chi connectivity index (χ0) is 15.8. The minimum absolute atomic E-state index is 0. The molecule has 1 heterocycles. The second kappa shape index (κ2) is 10.6. The molecule has 7 heteroatoms. The Hall–Kier alpha value is -1.11. The Morgan fingerprint density at radius 2 is 2.09 bits per heavy atom. The van der Waals surface area contributed by atoms with Gasteiger partial charge >= 0.3 is 0 Å². The van der Waals surface area contributed by atoms with Gasteiger partial charge in [-0.25, -0.2) is 0 Å². The lowest BCUT2D eigenvalue weighted by atomic mass is 10.1. The molecule has 0 aromatic carbocycles. The number of likely N-dealkylation sites (N-methyl/N-ethyl adjacent to an activating group) is 1. The molecule has 126 valence electrons. The first-order chi connectivity index (χ1) is 9.95.